The van der Waals surface area contributed by atoms with Crippen molar-refractivity contribution < 1.29 is 9.90 Å². The van der Waals surface area contributed by atoms with E-state index in [0.29, 0.717) is 30.2 Å². The van der Waals surface area contributed by atoms with Crippen molar-refractivity contribution in [2.45, 2.75) is 26.1 Å². The largest absolute Gasteiger partial charge is 0.465 e. The number of fused-ring (bicyclic) bond motifs is 1. The lowest BCUT2D eigenvalue weighted by Crippen LogP contribution is -2.22. The Kier molecular flexibility index (Phi) is 4.87. The number of benzene rings is 1. The summed E-state index contributed by atoms with van der Waals surface area (Å²) < 4.78 is 1.83. The fourth-order valence-corrected chi connectivity index (χ4v) is 3.77. The van der Waals surface area contributed by atoms with Crippen molar-refractivity contribution in [1.29, 1.82) is 0 Å². The van der Waals surface area contributed by atoms with Gasteiger partial charge in [0.25, 0.3) is 0 Å². The first-order valence-electron chi connectivity index (χ1n) is 9.99. The maximum atomic E-state index is 11.6. The van der Waals surface area contributed by atoms with E-state index in [9.17, 15) is 9.90 Å². The van der Waals surface area contributed by atoms with Crippen LogP contribution < -0.4 is 0 Å². The van der Waals surface area contributed by atoms with Gasteiger partial charge in [-0.25, -0.2) is 14.8 Å². The average Bonchev–Trinajstić information content (AvgIpc) is 3.42. The molecule has 0 spiro atoms. The minimum atomic E-state index is -0.962. The smallest absolute Gasteiger partial charge is 0.407 e. The summed E-state index contributed by atoms with van der Waals surface area (Å²) in [5, 5.41) is 14.2. The monoisotopic (exact) mass is 412 g/mol. The maximum Gasteiger partial charge on any atom is 0.407 e. The molecule has 1 amide bonds. The number of hydrogen-bond donors (Lipinski definition) is 1. The van der Waals surface area contributed by atoms with E-state index < -0.39 is 6.09 Å². The molecule has 0 saturated carbocycles. The Balaban J connectivity index is 1.51. The first kappa shape index (κ1) is 18.9. The first-order chi connectivity index (χ1) is 15.2. The Labute approximate surface area is 178 Å². The number of carbonyl (C=O) groups is 1. The van der Waals surface area contributed by atoms with Crippen molar-refractivity contribution in [2.75, 3.05) is 0 Å². The summed E-state index contributed by atoms with van der Waals surface area (Å²) in [5.41, 5.74) is 5.13. The van der Waals surface area contributed by atoms with Crippen molar-refractivity contribution >= 4 is 6.09 Å². The Morgan fingerprint density at radius 3 is 2.61 bits per heavy atom. The standard InChI is InChI=1S/C23H20N6O2/c30-23(31)28-14-18-20(15-28)25-21(11-16-5-2-1-3-6-16)26-22(18)19-8-10-29(27-19)13-17-7-4-9-24-12-17/h1-10,12H,11,13-15H2,(H,30,31). The van der Waals surface area contributed by atoms with Gasteiger partial charge in [-0.05, 0) is 23.3 Å². The predicted octanol–water partition coefficient (Wildman–Crippen LogP) is 3.37. The fraction of sp³-hybridized carbons (Fsp3) is 0.174. The van der Waals surface area contributed by atoms with Gasteiger partial charge in [-0.15, -0.1) is 0 Å². The summed E-state index contributed by atoms with van der Waals surface area (Å²) in [6.45, 7) is 1.12. The molecule has 1 aromatic carbocycles. The average molecular weight is 412 g/mol. The van der Waals surface area contributed by atoms with E-state index in [-0.39, 0.29) is 13.1 Å². The van der Waals surface area contributed by atoms with Crippen molar-refractivity contribution in [1.82, 2.24) is 29.6 Å². The number of hydrogen-bond acceptors (Lipinski definition) is 5. The van der Waals surface area contributed by atoms with Crippen molar-refractivity contribution in [3.63, 3.8) is 0 Å². The Bertz CT molecular complexity index is 1220. The van der Waals surface area contributed by atoms with Crippen LogP contribution in [0, 0.1) is 0 Å². The van der Waals surface area contributed by atoms with Gasteiger partial charge in [0.15, 0.2) is 0 Å². The van der Waals surface area contributed by atoms with Crippen molar-refractivity contribution in [3.8, 4) is 11.4 Å². The molecule has 4 heterocycles. The van der Waals surface area contributed by atoms with Gasteiger partial charge in [-0.2, -0.15) is 5.10 Å². The number of pyridine rings is 1. The van der Waals surface area contributed by atoms with Crippen LogP contribution in [-0.4, -0.2) is 40.8 Å². The summed E-state index contributed by atoms with van der Waals surface area (Å²) in [6.07, 6.45) is 5.06. The van der Waals surface area contributed by atoms with Crippen LogP contribution in [0.2, 0.25) is 0 Å². The number of amides is 1. The number of nitrogens with zero attached hydrogens (tertiary/aromatic N) is 6. The lowest BCUT2D eigenvalue weighted by molar-refractivity contribution is 0.145. The SMILES string of the molecule is O=C(O)N1Cc2nc(Cc3ccccc3)nc(-c3ccn(Cc4cccnc4)n3)c2C1. The van der Waals surface area contributed by atoms with Gasteiger partial charge in [0, 0.05) is 30.6 Å². The zero-order chi connectivity index (χ0) is 21.2. The maximum absolute atomic E-state index is 11.6. The molecule has 0 unspecified atom stereocenters. The third-order valence-electron chi connectivity index (χ3n) is 5.25. The van der Waals surface area contributed by atoms with E-state index in [2.05, 4.69) is 9.97 Å². The molecule has 154 valence electrons. The third-order valence-corrected chi connectivity index (χ3v) is 5.25. The van der Waals surface area contributed by atoms with E-state index in [4.69, 9.17) is 10.1 Å². The van der Waals surface area contributed by atoms with Crippen LogP contribution in [0.5, 0.6) is 0 Å². The fourth-order valence-electron chi connectivity index (χ4n) is 3.77. The molecular weight excluding hydrogens is 392 g/mol. The second kappa shape index (κ2) is 7.98. The van der Waals surface area contributed by atoms with Crippen LogP contribution in [-0.2, 0) is 26.1 Å². The lowest BCUT2D eigenvalue weighted by Gasteiger charge is -2.09. The lowest BCUT2D eigenvalue weighted by atomic mass is 10.1. The molecule has 3 aromatic heterocycles. The van der Waals surface area contributed by atoms with Crippen LogP contribution in [0.3, 0.4) is 0 Å². The summed E-state index contributed by atoms with van der Waals surface area (Å²) in [7, 11) is 0. The molecule has 0 fully saturated rings. The molecule has 4 aromatic rings. The normalized spacial score (nSPS) is 12.7. The molecule has 31 heavy (non-hydrogen) atoms. The summed E-state index contributed by atoms with van der Waals surface area (Å²) in [6, 6.07) is 15.8. The summed E-state index contributed by atoms with van der Waals surface area (Å²) in [4.78, 5) is 26.5. The van der Waals surface area contributed by atoms with Crippen LogP contribution in [0.4, 0.5) is 4.79 Å². The van der Waals surface area contributed by atoms with Crippen LogP contribution in [0.1, 0.15) is 28.2 Å². The zero-order valence-electron chi connectivity index (χ0n) is 16.7. The van der Waals surface area contributed by atoms with E-state index in [1.165, 1.54) is 4.90 Å². The van der Waals surface area contributed by atoms with Crippen molar-refractivity contribution in [2.24, 2.45) is 0 Å². The van der Waals surface area contributed by atoms with Gasteiger partial charge in [0.05, 0.1) is 31.0 Å². The number of aromatic nitrogens is 5. The van der Waals surface area contributed by atoms with Gasteiger partial charge in [0.2, 0.25) is 0 Å². The highest BCUT2D eigenvalue weighted by molar-refractivity contribution is 5.68. The van der Waals surface area contributed by atoms with Crippen LogP contribution >= 0.6 is 0 Å². The minimum Gasteiger partial charge on any atom is -0.465 e. The second-order valence-corrected chi connectivity index (χ2v) is 7.47. The van der Waals surface area contributed by atoms with Crippen LogP contribution in [0.25, 0.3) is 11.4 Å². The Morgan fingerprint density at radius 1 is 1.00 bits per heavy atom. The molecule has 0 atom stereocenters. The van der Waals surface area contributed by atoms with Gasteiger partial charge in [0.1, 0.15) is 11.5 Å². The molecule has 1 aliphatic rings. The highest BCUT2D eigenvalue weighted by Crippen LogP contribution is 2.30. The van der Waals surface area contributed by atoms with E-state index >= 15 is 0 Å². The molecule has 0 bridgehead atoms. The van der Waals surface area contributed by atoms with E-state index in [1.807, 2.05) is 65.6 Å². The molecule has 0 aliphatic carbocycles. The van der Waals surface area contributed by atoms with Crippen molar-refractivity contribution in [3.05, 3.63) is 95.3 Å². The Morgan fingerprint density at radius 2 is 1.84 bits per heavy atom. The number of rotatable bonds is 5. The molecule has 0 radical (unpaired) electrons. The van der Waals surface area contributed by atoms with Crippen LogP contribution in [0.15, 0.2) is 67.1 Å². The van der Waals surface area contributed by atoms with E-state index in [1.54, 1.807) is 6.20 Å². The molecule has 8 heteroatoms. The first-order valence-corrected chi connectivity index (χ1v) is 9.99. The zero-order valence-corrected chi connectivity index (χ0v) is 16.7. The van der Waals surface area contributed by atoms with Gasteiger partial charge >= 0.3 is 6.09 Å². The molecule has 1 N–H and O–H groups in total. The second-order valence-electron chi connectivity index (χ2n) is 7.47. The Hall–Kier alpha value is -4.07. The summed E-state index contributed by atoms with van der Waals surface area (Å²) >= 11 is 0. The minimum absolute atomic E-state index is 0.262. The van der Waals surface area contributed by atoms with Gasteiger partial charge in [-0.3, -0.25) is 14.6 Å². The quantitative estimate of drug-likeness (QED) is 0.540. The highest BCUT2D eigenvalue weighted by Gasteiger charge is 2.29. The molecule has 5 rings (SSSR count). The number of carboxylic acid groups (broad SMARTS) is 1. The predicted molar refractivity (Wildman–Crippen MR) is 113 cm³/mol. The molecule has 0 saturated heterocycles. The molecular formula is C23H20N6O2. The summed E-state index contributed by atoms with van der Waals surface area (Å²) in [5.74, 6) is 0.661. The van der Waals surface area contributed by atoms with Gasteiger partial charge < -0.3 is 5.11 Å². The van der Waals surface area contributed by atoms with Gasteiger partial charge in [-0.1, -0.05) is 36.4 Å². The highest BCUT2D eigenvalue weighted by atomic mass is 16.4. The van der Waals surface area contributed by atoms with E-state index in [0.717, 1.165) is 22.4 Å². The third kappa shape index (κ3) is 4.00. The topological polar surface area (TPSA) is 97.0 Å². The molecule has 8 nitrogen and oxygen atoms in total. The molecule has 1 aliphatic heterocycles.